The van der Waals surface area contributed by atoms with E-state index in [4.69, 9.17) is 30.6 Å². The van der Waals surface area contributed by atoms with Crippen LogP contribution in [0.5, 0.6) is 0 Å². The molecule has 0 radical (unpaired) electrons. The monoisotopic (exact) mass is 196 g/mol. The van der Waals surface area contributed by atoms with Gasteiger partial charge in [-0.15, -0.1) is 0 Å². The summed E-state index contributed by atoms with van der Waals surface area (Å²) in [5.41, 5.74) is 0. The third-order valence-corrected chi connectivity index (χ3v) is 1.89. The highest BCUT2D eigenvalue weighted by atomic mass is 16.3. The minimum atomic E-state index is -1.37. The molecule has 0 aromatic carbocycles. The van der Waals surface area contributed by atoms with Gasteiger partial charge in [0.2, 0.25) is 0 Å². The van der Waals surface area contributed by atoms with Gasteiger partial charge in [0.15, 0.2) is 0 Å². The molecule has 13 heavy (non-hydrogen) atoms. The molecule has 80 valence electrons. The summed E-state index contributed by atoms with van der Waals surface area (Å²) < 4.78 is 0. The Kier molecular flexibility index (Phi) is 6.13. The van der Waals surface area contributed by atoms with Crippen molar-refractivity contribution in [1.29, 1.82) is 0 Å². The topological polar surface area (TPSA) is 121 Å². The van der Waals surface area contributed by atoms with Crippen molar-refractivity contribution >= 4 is 0 Å². The lowest BCUT2D eigenvalue weighted by molar-refractivity contribution is -0.0991. The fourth-order valence-electron chi connectivity index (χ4n) is 1.13. The van der Waals surface area contributed by atoms with Crippen LogP contribution in [0.3, 0.4) is 0 Å². The van der Waals surface area contributed by atoms with Crippen molar-refractivity contribution in [3.63, 3.8) is 0 Å². The van der Waals surface area contributed by atoms with Crippen molar-refractivity contribution < 1.29 is 30.6 Å². The second-order valence-electron chi connectivity index (χ2n) is 2.83. The summed E-state index contributed by atoms with van der Waals surface area (Å²) in [7, 11) is 0. The van der Waals surface area contributed by atoms with Crippen molar-refractivity contribution in [2.45, 2.75) is 18.3 Å². The molecule has 0 heterocycles. The Morgan fingerprint density at radius 3 is 1.00 bits per heavy atom. The Morgan fingerprint density at radius 2 is 0.846 bits per heavy atom. The predicted octanol–water partition coefficient (Wildman–Crippen LogP) is -3.34. The van der Waals surface area contributed by atoms with E-state index in [0.717, 1.165) is 0 Å². The molecule has 0 aliphatic heterocycles. The fourth-order valence-corrected chi connectivity index (χ4v) is 1.13. The van der Waals surface area contributed by atoms with Gasteiger partial charge in [0, 0.05) is 5.92 Å². The lowest BCUT2D eigenvalue weighted by Crippen LogP contribution is -2.45. The van der Waals surface area contributed by atoms with Gasteiger partial charge in [-0.1, -0.05) is 0 Å². The zero-order chi connectivity index (χ0) is 10.4. The van der Waals surface area contributed by atoms with Gasteiger partial charge in [0.1, 0.15) is 0 Å². The normalized spacial score (nSPS) is 20.8. The van der Waals surface area contributed by atoms with Gasteiger partial charge in [0.25, 0.3) is 0 Å². The van der Waals surface area contributed by atoms with Crippen LogP contribution >= 0.6 is 0 Å². The van der Waals surface area contributed by atoms with Crippen molar-refractivity contribution in [2.24, 2.45) is 5.92 Å². The van der Waals surface area contributed by atoms with E-state index in [9.17, 15) is 0 Å². The molecular formula is C7H16O6. The predicted molar refractivity (Wildman–Crippen MR) is 42.8 cm³/mol. The Hall–Kier alpha value is -0.240. The Bertz CT molecular complexity index is 106. The largest absolute Gasteiger partial charge is 0.394 e. The highest BCUT2D eigenvalue weighted by Gasteiger charge is 2.32. The van der Waals surface area contributed by atoms with Crippen molar-refractivity contribution in [1.82, 2.24) is 0 Å². The first kappa shape index (κ1) is 12.8. The summed E-state index contributed by atoms with van der Waals surface area (Å²) in [6.45, 7) is -1.96. The number of aliphatic hydroxyl groups is 6. The SMILES string of the molecule is OCC(O)C(C(O)CO)C(O)CO. The Balaban J connectivity index is 4.34. The first-order valence-electron chi connectivity index (χ1n) is 3.95. The van der Waals surface area contributed by atoms with Gasteiger partial charge < -0.3 is 30.6 Å². The average molecular weight is 196 g/mol. The van der Waals surface area contributed by atoms with Crippen molar-refractivity contribution in [2.75, 3.05) is 19.8 Å². The number of rotatable bonds is 6. The van der Waals surface area contributed by atoms with Crippen LogP contribution in [-0.2, 0) is 0 Å². The van der Waals surface area contributed by atoms with E-state index >= 15 is 0 Å². The Labute approximate surface area is 75.7 Å². The van der Waals surface area contributed by atoms with Gasteiger partial charge in [-0.25, -0.2) is 0 Å². The average Bonchev–Trinajstić information content (AvgIpc) is 2.16. The molecule has 0 bridgehead atoms. The van der Waals surface area contributed by atoms with E-state index in [0.29, 0.717) is 0 Å². The second kappa shape index (κ2) is 6.25. The zero-order valence-corrected chi connectivity index (χ0v) is 7.11. The summed E-state index contributed by atoms with van der Waals surface area (Å²) in [4.78, 5) is 0. The minimum absolute atomic E-state index is 0.654. The lowest BCUT2D eigenvalue weighted by Gasteiger charge is -2.28. The van der Waals surface area contributed by atoms with Crippen molar-refractivity contribution in [3.8, 4) is 0 Å². The third-order valence-electron chi connectivity index (χ3n) is 1.89. The third kappa shape index (κ3) is 3.55. The van der Waals surface area contributed by atoms with E-state index in [-0.39, 0.29) is 0 Å². The van der Waals surface area contributed by atoms with Crippen LogP contribution < -0.4 is 0 Å². The van der Waals surface area contributed by atoms with Crippen LogP contribution in [0, 0.1) is 5.92 Å². The summed E-state index contributed by atoms with van der Waals surface area (Å²) in [6.07, 6.45) is -4.11. The zero-order valence-electron chi connectivity index (χ0n) is 7.11. The van der Waals surface area contributed by atoms with Gasteiger partial charge in [-0.3, -0.25) is 0 Å². The molecule has 6 nitrogen and oxygen atoms in total. The van der Waals surface area contributed by atoms with Crippen LogP contribution in [0.1, 0.15) is 0 Å². The maximum absolute atomic E-state index is 9.13. The smallest absolute Gasteiger partial charge is 0.0850 e. The van der Waals surface area contributed by atoms with E-state index in [1.807, 2.05) is 0 Å². The molecule has 0 rings (SSSR count). The molecule has 0 spiro atoms. The summed E-state index contributed by atoms with van der Waals surface area (Å²) in [5, 5.41) is 53.1. The van der Waals surface area contributed by atoms with Gasteiger partial charge in [0.05, 0.1) is 38.1 Å². The molecule has 3 unspecified atom stereocenters. The highest BCUT2D eigenvalue weighted by molar-refractivity contribution is 4.81. The highest BCUT2D eigenvalue weighted by Crippen LogP contribution is 2.14. The van der Waals surface area contributed by atoms with E-state index < -0.39 is 44.1 Å². The summed E-state index contributed by atoms with van der Waals surface area (Å²) in [6, 6.07) is 0. The number of hydrogen-bond acceptors (Lipinski definition) is 6. The van der Waals surface area contributed by atoms with E-state index in [1.165, 1.54) is 0 Å². The van der Waals surface area contributed by atoms with Crippen LogP contribution in [0.2, 0.25) is 0 Å². The molecule has 0 fully saturated rings. The quantitative estimate of drug-likeness (QED) is 0.264. The molecule has 6 heteroatoms. The van der Waals surface area contributed by atoms with Crippen LogP contribution in [0.4, 0.5) is 0 Å². The van der Waals surface area contributed by atoms with E-state index in [1.54, 1.807) is 0 Å². The molecule has 3 atom stereocenters. The van der Waals surface area contributed by atoms with Crippen LogP contribution in [-0.4, -0.2) is 68.8 Å². The lowest BCUT2D eigenvalue weighted by atomic mass is 9.91. The van der Waals surface area contributed by atoms with E-state index in [2.05, 4.69) is 0 Å². The second-order valence-corrected chi connectivity index (χ2v) is 2.83. The Morgan fingerprint density at radius 1 is 0.615 bits per heavy atom. The van der Waals surface area contributed by atoms with Crippen molar-refractivity contribution in [3.05, 3.63) is 0 Å². The first-order chi connectivity index (χ1) is 6.08. The molecule has 0 aromatic rings. The van der Waals surface area contributed by atoms with Gasteiger partial charge >= 0.3 is 0 Å². The van der Waals surface area contributed by atoms with Gasteiger partial charge in [-0.2, -0.15) is 0 Å². The maximum atomic E-state index is 9.13. The minimum Gasteiger partial charge on any atom is -0.394 e. The molecule has 0 aliphatic carbocycles. The summed E-state index contributed by atoms with van der Waals surface area (Å²) >= 11 is 0. The van der Waals surface area contributed by atoms with Crippen LogP contribution in [0.25, 0.3) is 0 Å². The van der Waals surface area contributed by atoms with Crippen LogP contribution in [0.15, 0.2) is 0 Å². The fraction of sp³-hybridized carbons (Fsp3) is 1.00. The molecular weight excluding hydrogens is 180 g/mol. The maximum Gasteiger partial charge on any atom is 0.0850 e. The molecule has 0 amide bonds. The molecule has 0 saturated heterocycles. The molecule has 0 saturated carbocycles. The summed E-state index contributed by atoms with van der Waals surface area (Å²) in [5.74, 6) is -1.15. The molecule has 6 N–H and O–H groups in total. The standard InChI is InChI=1S/C7H16O6/c8-1-4(11)7(5(12)2-9)6(13)3-10/h4-13H,1-3H2. The number of hydrogen-bond donors (Lipinski definition) is 6. The molecule has 0 aliphatic rings. The molecule has 0 aromatic heterocycles. The number of aliphatic hydroxyl groups excluding tert-OH is 6. The first-order valence-corrected chi connectivity index (χ1v) is 3.95. The van der Waals surface area contributed by atoms with Gasteiger partial charge in [-0.05, 0) is 0 Å².